The van der Waals surface area contributed by atoms with E-state index < -0.39 is 0 Å². The Bertz CT molecular complexity index is 94.7. The molecular weight excluding hydrogens is 175 g/mol. The summed E-state index contributed by atoms with van der Waals surface area (Å²) in [5.74, 6) is 0. The number of aliphatic imine (C=N–C) groups is 1. The van der Waals surface area contributed by atoms with Crippen molar-refractivity contribution < 1.29 is 32.7 Å². The first-order chi connectivity index (χ1) is 3.31. The van der Waals surface area contributed by atoms with Gasteiger partial charge in [-0.3, -0.25) is 0 Å². The Balaban J connectivity index is 0. The SMILES string of the molecule is C[C-]=NC(C)=[C-]C.[Y]. The fraction of sp³-hybridized carbons (Fsp3) is 0.500. The van der Waals surface area contributed by atoms with Crippen LogP contribution in [0, 0.1) is 6.08 Å². The first kappa shape index (κ1) is 11.3. The predicted octanol–water partition coefficient (Wildman–Crippen LogP) is 1.68. The zero-order valence-electron chi connectivity index (χ0n) is 5.52. The van der Waals surface area contributed by atoms with Crippen molar-refractivity contribution in [2.75, 3.05) is 0 Å². The van der Waals surface area contributed by atoms with E-state index in [2.05, 4.69) is 17.3 Å². The second-order valence-electron chi connectivity index (χ2n) is 1.17. The van der Waals surface area contributed by atoms with Crippen LogP contribution in [0.1, 0.15) is 20.8 Å². The quantitative estimate of drug-likeness (QED) is 0.434. The predicted molar refractivity (Wildman–Crippen MR) is 31.2 cm³/mol. The molecule has 0 aromatic carbocycles. The third-order valence-corrected chi connectivity index (χ3v) is 0.641. The van der Waals surface area contributed by atoms with Gasteiger partial charge in [-0.05, 0) is 0 Å². The van der Waals surface area contributed by atoms with Crippen molar-refractivity contribution in [1.29, 1.82) is 0 Å². The Morgan fingerprint density at radius 2 is 1.88 bits per heavy atom. The van der Waals surface area contributed by atoms with Crippen LogP contribution in [-0.4, -0.2) is 6.21 Å². The molecule has 0 saturated heterocycles. The Morgan fingerprint density at radius 3 is 2.00 bits per heavy atom. The van der Waals surface area contributed by atoms with Gasteiger partial charge in [-0.25, -0.2) is 6.92 Å². The first-order valence-electron chi connectivity index (χ1n) is 2.20. The van der Waals surface area contributed by atoms with E-state index in [9.17, 15) is 0 Å². The first-order valence-corrected chi connectivity index (χ1v) is 2.20. The number of nitrogens with zero attached hydrogens (tertiary/aromatic N) is 1. The summed E-state index contributed by atoms with van der Waals surface area (Å²) in [5, 5.41) is 0. The zero-order chi connectivity index (χ0) is 5.70. The minimum absolute atomic E-state index is 0. The van der Waals surface area contributed by atoms with Gasteiger partial charge in [0.2, 0.25) is 0 Å². The standard InChI is InChI=1S/C6H9N.Y/c1-4-6(3)7-5-2;/h1-3H3;/q-2;. The molecule has 0 aliphatic rings. The normalized spacial score (nSPS) is 11.6. The smallest absolute Gasteiger partial charge is 0 e. The van der Waals surface area contributed by atoms with Gasteiger partial charge in [-0.15, -0.1) is 13.8 Å². The van der Waals surface area contributed by atoms with E-state index in [4.69, 9.17) is 0 Å². The van der Waals surface area contributed by atoms with Crippen molar-refractivity contribution in [3.05, 3.63) is 11.8 Å². The molecule has 0 bridgehead atoms. The zero-order valence-corrected chi connectivity index (χ0v) is 8.36. The third-order valence-electron chi connectivity index (χ3n) is 0.641. The van der Waals surface area contributed by atoms with Crippen LogP contribution in [0.5, 0.6) is 0 Å². The molecule has 0 aliphatic carbocycles. The molecule has 0 aliphatic heterocycles. The summed E-state index contributed by atoms with van der Waals surface area (Å²) in [4.78, 5) is 3.80. The minimum atomic E-state index is 0. The fourth-order valence-electron chi connectivity index (χ4n) is 0.224. The van der Waals surface area contributed by atoms with Gasteiger partial charge >= 0.3 is 0 Å². The van der Waals surface area contributed by atoms with Crippen LogP contribution in [0.15, 0.2) is 10.7 Å². The van der Waals surface area contributed by atoms with E-state index >= 15 is 0 Å². The molecule has 8 heavy (non-hydrogen) atoms. The van der Waals surface area contributed by atoms with Gasteiger partial charge in [0.25, 0.3) is 0 Å². The molecule has 0 aromatic rings. The molecule has 0 atom stereocenters. The van der Waals surface area contributed by atoms with E-state index in [1.54, 1.807) is 6.92 Å². The van der Waals surface area contributed by atoms with Gasteiger partial charge in [0.15, 0.2) is 0 Å². The summed E-state index contributed by atoms with van der Waals surface area (Å²) in [5.41, 5.74) is 0.891. The Morgan fingerprint density at radius 1 is 1.38 bits per heavy atom. The van der Waals surface area contributed by atoms with Crippen LogP contribution in [0.2, 0.25) is 0 Å². The summed E-state index contributed by atoms with van der Waals surface area (Å²) in [6.07, 6.45) is 5.50. The maximum atomic E-state index is 3.80. The summed E-state index contributed by atoms with van der Waals surface area (Å²) in [6.45, 7) is 5.48. The van der Waals surface area contributed by atoms with Crippen molar-refractivity contribution in [3.8, 4) is 0 Å². The van der Waals surface area contributed by atoms with Crippen LogP contribution in [0.4, 0.5) is 0 Å². The van der Waals surface area contributed by atoms with Crippen molar-refractivity contribution in [2.24, 2.45) is 4.99 Å². The molecule has 1 nitrogen and oxygen atoms in total. The molecule has 0 fully saturated rings. The third kappa shape index (κ3) is 6.51. The Labute approximate surface area is 76.2 Å². The summed E-state index contributed by atoms with van der Waals surface area (Å²) in [7, 11) is 0. The van der Waals surface area contributed by atoms with E-state index in [-0.39, 0.29) is 32.7 Å². The number of allylic oxidation sites excluding steroid dienone is 2. The number of hydrogen-bond donors (Lipinski definition) is 0. The summed E-state index contributed by atoms with van der Waals surface area (Å²) in [6, 6.07) is 0. The number of rotatable bonds is 1. The van der Waals surface area contributed by atoms with Crippen LogP contribution < -0.4 is 0 Å². The molecule has 1 radical (unpaired) electrons. The van der Waals surface area contributed by atoms with E-state index in [0.717, 1.165) is 5.70 Å². The molecule has 0 heterocycles. The number of hydrogen-bond acceptors (Lipinski definition) is 1. The molecule has 2 heteroatoms. The Kier molecular flexibility index (Phi) is 10.6. The van der Waals surface area contributed by atoms with Gasteiger partial charge in [0, 0.05) is 32.7 Å². The topological polar surface area (TPSA) is 12.4 Å². The molecule has 0 spiro atoms. The maximum absolute atomic E-state index is 3.80. The van der Waals surface area contributed by atoms with Crippen LogP contribution in [0.3, 0.4) is 0 Å². The van der Waals surface area contributed by atoms with Crippen LogP contribution in [0.25, 0.3) is 0 Å². The molecule has 43 valence electrons. The largest absolute Gasteiger partial charge is 0.584 e. The van der Waals surface area contributed by atoms with Crippen LogP contribution >= 0.6 is 0 Å². The van der Waals surface area contributed by atoms with Crippen molar-refractivity contribution >= 4 is 6.21 Å². The van der Waals surface area contributed by atoms with Gasteiger partial charge in [-0.1, -0.05) is 0 Å². The molecule has 0 N–H and O–H groups in total. The fourth-order valence-corrected chi connectivity index (χ4v) is 0.224. The van der Waals surface area contributed by atoms with E-state index in [0.29, 0.717) is 0 Å². The monoisotopic (exact) mass is 184 g/mol. The second kappa shape index (κ2) is 7.51. The minimum Gasteiger partial charge on any atom is -0.584 e. The van der Waals surface area contributed by atoms with Gasteiger partial charge < -0.3 is 16.8 Å². The molecule has 0 amide bonds. The summed E-state index contributed by atoms with van der Waals surface area (Å²) >= 11 is 0. The van der Waals surface area contributed by atoms with Gasteiger partial charge in [-0.2, -0.15) is 6.21 Å². The average Bonchev–Trinajstić information content (AvgIpc) is 1.68. The molecule has 0 saturated carbocycles. The summed E-state index contributed by atoms with van der Waals surface area (Å²) < 4.78 is 0. The average molecular weight is 184 g/mol. The molecular formula is C6H9NY-2. The maximum Gasteiger partial charge on any atom is 0 e. The van der Waals surface area contributed by atoms with Gasteiger partial charge in [0.1, 0.15) is 0 Å². The Hall–Kier alpha value is 0.514. The van der Waals surface area contributed by atoms with E-state index in [1.807, 2.05) is 13.8 Å². The van der Waals surface area contributed by atoms with Crippen molar-refractivity contribution in [1.82, 2.24) is 0 Å². The second-order valence-corrected chi connectivity index (χ2v) is 1.17. The molecule has 0 rings (SSSR count). The van der Waals surface area contributed by atoms with Crippen molar-refractivity contribution in [2.45, 2.75) is 20.8 Å². The van der Waals surface area contributed by atoms with E-state index in [1.165, 1.54) is 0 Å². The van der Waals surface area contributed by atoms with Gasteiger partial charge in [0.05, 0.1) is 0 Å². The molecule has 0 unspecified atom stereocenters. The molecule has 0 aromatic heterocycles. The van der Waals surface area contributed by atoms with Crippen LogP contribution in [-0.2, 0) is 32.7 Å². The van der Waals surface area contributed by atoms with Crippen molar-refractivity contribution in [3.63, 3.8) is 0 Å².